The topological polar surface area (TPSA) is 68.0 Å². The lowest BCUT2D eigenvalue weighted by molar-refractivity contribution is 0.102. The molecule has 2 rings (SSSR count). The molecule has 18 heavy (non-hydrogen) atoms. The SMILES string of the molecule is CC(N)c1nc(C(=O)Nc2ccc(Cl)cc2)cs1. The highest BCUT2D eigenvalue weighted by Gasteiger charge is 2.12. The van der Waals surface area contributed by atoms with E-state index in [1.807, 2.05) is 6.92 Å². The Morgan fingerprint density at radius 3 is 2.67 bits per heavy atom. The lowest BCUT2D eigenvalue weighted by Crippen LogP contribution is -2.13. The number of hydrogen-bond donors (Lipinski definition) is 2. The number of thiazole rings is 1. The number of hydrogen-bond acceptors (Lipinski definition) is 4. The summed E-state index contributed by atoms with van der Waals surface area (Å²) < 4.78 is 0. The summed E-state index contributed by atoms with van der Waals surface area (Å²) in [5, 5.41) is 5.81. The van der Waals surface area contributed by atoms with Gasteiger partial charge in [0, 0.05) is 16.1 Å². The van der Waals surface area contributed by atoms with E-state index in [1.54, 1.807) is 29.6 Å². The summed E-state index contributed by atoms with van der Waals surface area (Å²) in [5.41, 5.74) is 6.76. The molecule has 1 heterocycles. The van der Waals surface area contributed by atoms with Gasteiger partial charge in [-0.15, -0.1) is 11.3 Å². The van der Waals surface area contributed by atoms with Gasteiger partial charge in [-0.1, -0.05) is 11.6 Å². The Morgan fingerprint density at radius 2 is 2.11 bits per heavy atom. The number of carbonyl (C=O) groups is 1. The highest BCUT2D eigenvalue weighted by atomic mass is 35.5. The largest absolute Gasteiger partial charge is 0.322 e. The molecule has 2 aromatic rings. The van der Waals surface area contributed by atoms with Crippen molar-refractivity contribution in [3.8, 4) is 0 Å². The quantitative estimate of drug-likeness (QED) is 0.908. The first-order chi connectivity index (χ1) is 8.56. The van der Waals surface area contributed by atoms with Crippen molar-refractivity contribution >= 4 is 34.5 Å². The first kappa shape index (κ1) is 13.0. The van der Waals surface area contributed by atoms with Crippen LogP contribution in [0.5, 0.6) is 0 Å². The van der Waals surface area contributed by atoms with Crippen molar-refractivity contribution in [2.24, 2.45) is 5.73 Å². The van der Waals surface area contributed by atoms with Crippen molar-refractivity contribution in [3.63, 3.8) is 0 Å². The summed E-state index contributed by atoms with van der Waals surface area (Å²) in [6.45, 7) is 1.83. The second kappa shape index (κ2) is 5.48. The maximum Gasteiger partial charge on any atom is 0.275 e. The third kappa shape index (κ3) is 3.07. The Balaban J connectivity index is 2.09. The Labute approximate surface area is 114 Å². The molecule has 1 atom stereocenters. The molecule has 0 aliphatic heterocycles. The van der Waals surface area contributed by atoms with Gasteiger partial charge in [0.1, 0.15) is 10.7 Å². The number of nitrogens with zero attached hydrogens (tertiary/aromatic N) is 1. The van der Waals surface area contributed by atoms with Crippen molar-refractivity contribution in [2.75, 3.05) is 5.32 Å². The fraction of sp³-hybridized carbons (Fsp3) is 0.167. The predicted octanol–water partition coefficient (Wildman–Crippen LogP) is 3.07. The van der Waals surface area contributed by atoms with E-state index in [4.69, 9.17) is 17.3 Å². The van der Waals surface area contributed by atoms with E-state index in [0.29, 0.717) is 16.4 Å². The van der Waals surface area contributed by atoms with Gasteiger partial charge in [0.25, 0.3) is 5.91 Å². The number of nitrogens with two attached hydrogens (primary N) is 1. The third-order valence-electron chi connectivity index (χ3n) is 2.25. The summed E-state index contributed by atoms with van der Waals surface area (Å²) in [7, 11) is 0. The zero-order valence-electron chi connectivity index (χ0n) is 9.68. The first-order valence-electron chi connectivity index (χ1n) is 5.34. The summed E-state index contributed by atoms with van der Waals surface area (Å²) in [5.74, 6) is -0.250. The molecule has 0 aliphatic rings. The van der Waals surface area contributed by atoms with Gasteiger partial charge in [-0.3, -0.25) is 4.79 Å². The summed E-state index contributed by atoms with van der Waals surface area (Å²) in [4.78, 5) is 16.1. The van der Waals surface area contributed by atoms with Crippen molar-refractivity contribution in [3.05, 3.63) is 45.4 Å². The average Bonchev–Trinajstić information content (AvgIpc) is 2.81. The average molecular weight is 282 g/mol. The fourth-order valence-electron chi connectivity index (χ4n) is 1.33. The number of anilines is 1. The Bertz CT molecular complexity index is 551. The van der Waals surface area contributed by atoms with Crippen LogP contribution in [0.2, 0.25) is 5.02 Å². The van der Waals surface area contributed by atoms with Crippen LogP contribution in [0.1, 0.15) is 28.5 Å². The normalized spacial score (nSPS) is 12.2. The molecule has 4 nitrogen and oxygen atoms in total. The van der Waals surface area contributed by atoms with Crippen molar-refractivity contribution < 1.29 is 4.79 Å². The van der Waals surface area contributed by atoms with Gasteiger partial charge >= 0.3 is 0 Å². The molecule has 1 unspecified atom stereocenters. The Kier molecular flexibility index (Phi) is 3.96. The van der Waals surface area contributed by atoms with Gasteiger partial charge in [0.15, 0.2) is 0 Å². The number of nitrogens with one attached hydrogen (secondary N) is 1. The lowest BCUT2D eigenvalue weighted by atomic mass is 10.3. The molecule has 0 radical (unpaired) electrons. The smallest absolute Gasteiger partial charge is 0.275 e. The highest BCUT2D eigenvalue weighted by molar-refractivity contribution is 7.09. The molecule has 1 amide bonds. The third-order valence-corrected chi connectivity index (χ3v) is 3.54. The van der Waals surface area contributed by atoms with Crippen LogP contribution in [0, 0.1) is 0 Å². The van der Waals surface area contributed by atoms with Crippen LogP contribution < -0.4 is 11.1 Å². The fourth-order valence-corrected chi connectivity index (χ4v) is 2.21. The second-order valence-electron chi connectivity index (χ2n) is 3.82. The van der Waals surface area contributed by atoms with Crippen LogP contribution in [0.3, 0.4) is 0 Å². The van der Waals surface area contributed by atoms with E-state index < -0.39 is 0 Å². The molecular weight excluding hydrogens is 270 g/mol. The van der Waals surface area contributed by atoms with E-state index in [-0.39, 0.29) is 11.9 Å². The molecule has 6 heteroatoms. The molecule has 0 fully saturated rings. The summed E-state index contributed by atoms with van der Waals surface area (Å²) in [6.07, 6.45) is 0. The molecule has 0 aliphatic carbocycles. The summed E-state index contributed by atoms with van der Waals surface area (Å²) in [6, 6.07) is 6.74. The zero-order chi connectivity index (χ0) is 13.1. The number of halogens is 1. The van der Waals surface area contributed by atoms with E-state index in [2.05, 4.69) is 10.3 Å². The molecule has 0 spiro atoms. The van der Waals surface area contributed by atoms with Crippen LogP contribution in [0.4, 0.5) is 5.69 Å². The van der Waals surface area contributed by atoms with Gasteiger partial charge in [-0.25, -0.2) is 4.98 Å². The molecular formula is C12H12ClN3OS. The molecule has 0 saturated heterocycles. The number of rotatable bonds is 3. The van der Waals surface area contributed by atoms with E-state index in [1.165, 1.54) is 11.3 Å². The maximum absolute atomic E-state index is 11.9. The van der Waals surface area contributed by atoms with Crippen LogP contribution in [-0.4, -0.2) is 10.9 Å². The van der Waals surface area contributed by atoms with Gasteiger partial charge in [0.2, 0.25) is 0 Å². The lowest BCUT2D eigenvalue weighted by Gasteiger charge is -2.03. The molecule has 0 bridgehead atoms. The van der Waals surface area contributed by atoms with E-state index >= 15 is 0 Å². The minimum atomic E-state index is -0.250. The summed E-state index contributed by atoms with van der Waals surface area (Å²) >= 11 is 7.15. The van der Waals surface area contributed by atoms with Gasteiger partial charge in [-0.05, 0) is 31.2 Å². The predicted molar refractivity (Wildman–Crippen MR) is 74.1 cm³/mol. The molecule has 0 saturated carbocycles. The number of amides is 1. The van der Waals surface area contributed by atoms with Gasteiger partial charge in [0.05, 0.1) is 6.04 Å². The minimum absolute atomic E-state index is 0.160. The van der Waals surface area contributed by atoms with Crippen molar-refractivity contribution in [1.29, 1.82) is 0 Å². The number of benzene rings is 1. The second-order valence-corrected chi connectivity index (χ2v) is 5.15. The molecule has 94 valence electrons. The van der Waals surface area contributed by atoms with E-state index in [9.17, 15) is 4.79 Å². The molecule has 3 N–H and O–H groups in total. The maximum atomic E-state index is 11.9. The zero-order valence-corrected chi connectivity index (χ0v) is 11.3. The number of aromatic nitrogens is 1. The Morgan fingerprint density at radius 1 is 1.44 bits per heavy atom. The monoisotopic (exact) mass is 281 g/mol. The van der Waals surface area contributed by atoms with Gasteiger partial charge < -0.3 is 11.1 Å². The van der Waals surface area contributed by atoms with Crippen molar-refractivity contribution in [1.82, 2.24) is 4.98 Å². The number of carbonyl (C=O) groups excluding carboxylic acids is 1. The van der Waals surface area contributed by atoms with Crippen molar-refractivity contribution in [2.45, 2.75) is 13.0 Å². The van der Waals surface area contributed by atoms with Crippen LogP contribution in [0.25, 0.3) is 0 Å². The minimum Gasteiger partial charge on any atom is -0.322 e. The highest BCUT2D eigenvalue weighted by Crippen LogP contribution is 2.18. The van der Waals surface area contributed by atoms with Gasteiger partial charge in [-0.2, -0.15) is 0 Å². The Hall–Kier alpha value is -1.43. The van der Waals surface area contributed by atoms with Crippen LogP contribution >= 0.6 is 22.9 Å². The van der Waals surface area contributed by atoms with Crippen LogP contribution in [0.15, 0.2) is 29.6 Å². The molecule has 1 aromatic heterocycles. The first-order valence-corrected chi connectivity index (χ1v) is 6.60. The van der Waals surface area contributed by atoms with Crippen LogP contribution in [-0.2, 0) is 0 Å². The standard InChI is InChI=1S/C12H12ClN3OS/c1-7(14)12-16-10(6-18-12)11(17)15-9-4-2-8(13)3-5-9/h2-7H,14H2,1H3,(H,15,17). The van der Waals surface area contributed by atoms with E-state index in [0.717, 1.165) is 5.01 Å². The molecule has 1 aromatic carbocycles.